The zero-order valence-corrected chi connectivity index (χ0v) is 8.46. The third-order valence-corrected chi connectivity index (χ3v) is 3.56. The van der Waals surface area contributed by atoms with Crippen molar-refractivity contribution >= 4 is 0 Å². The van der Waals surface area contributed by atoms with Crippen LogP contribution in [0.5, 0.6) is 0 Å². The lowest BCUT2D eigenvalue weighted by molar-refractivity contribution is 0.529. The van der Waals surface area contributed by atoms with Crippen LogP contribution < -0.4 is 5.73 Å². The van der Waals surface area contributed by atoms with Crippen LogP contribution in [0, 0.1) is 11.7 Å². The summed E-state index contributed by atoms with van der Waals surface area (Å²) in [5.74, 6) is 0.398. The summed E-state index contributed by atoms with van der Waals surface area (Å²) < 4.78 is 13.6. The Morgan fingerprint density at radius 3 is 2.71 bits per heavy atom. The quantitative estimate of drug-likeness (QED) is 0.784. The van der Waals surface area contributed by atoms with Gasteiger partial charge in [-0.3, -0.25) is 0 Å². The molecule has 0 spiro atoms. The summed E-state index contributed by atoms with van der Waals surface area (Å²) in [6, 6.07) is 7.08. The van der Waals surface area contributed by atoms with E-state index in [0.717, 1.165) is 18.4 Å². The third kappa shape index (κ3) is 1.25. The van der Waals surface area contributed by atoms with E-state index in [-0.39, 0.29) is 11.2 Å². The summed E-state index contributed by atoms with van der Waals surface area (Å²) in [7, 11) is 0. The molecule has 1 aliphatic carbocycles. The van der Waals surface area contributed by atoms with E-state index in [4.69, 9.17) is 5.73 Å². The van der Waals surface area contributed by atoms with Crippen LogP contribution in [-0.2, 0) is 5.41 Å². The Morgan fingerprint density at radius 1 is 1.50 bits per heavy atom. The lowest BCUT2D eigenvalue weighted by Gasteiger charge is -2.15. The number of halogens is 1. The summed E-state index contributed by atoms with van der Waals surface area (Å²) in [4.78, 5) is 0. The summed E-state index contributed by atoms with van der Waals surface area (Å²) in [5, 5.41) is 0. The largest absolute Gasteiger partial charge is 0.330 e. The number of hydrogen-bond donors (Lipinski definition) is 1. The highest BCUT2D eigenvalue weighted by Gasteiger charge is 2.53. The van der Waals surface area contributed by atoms with Crippen LogP contribution in [0.4, 0.5) is 4.39 Å². The van der Waals surface area contributed by atoms with Gasteiger partial charge in [-0.25, -0.2) is 4.39 Å². The van der Waals surface area contributed by atoms with E-state index in [9.17, 15) is 4.39 Å². The Labute approximate surface area is 84.1 Å². The monoisotopic (exact) mass is 193 g/mol. The molecule has 0 heterocycles. The van der Waals surface area contributed by atoms with Gasteiger partial charge in [0.25, 0.3) is 0 Å². The van der Waals surface area contributed by atoms with Crippen LogP contribution in [0.25, 0.3) is 0 Å². The van der Waals surface area contributed by atoms with Gasteiger partial charge < -0.3 is 5.73 Å². The van der Waals surface area contributed by atoms with Crippen LogP contribution in [0.15, 0.2) is 24.3 Å². The molecule has 0 radical (unpaired) electrons. The van der Waals surface area contributed by atoms with Crippen molar-refractivity contribution in [1.29, 1.82) is 0 Å². The summed E-state index contributed by atoms with van der Waals surface area (Å²) in [6.45, 7) is 2.78. The molecule has 2 heteroatoms. The standard InChI is InChI=1S/C12H16FN/c1-2-12(7-9(12)8-14)10-5-3-4-6-11(10)13/h3-6,9H,2,7-8,14H2,1H3/t9-,12?/m0/s1. The first-order valence-electron chi connectivity index (χ1n) is 5.19. The van der Waals surface area contributed by atoms with Crippen molar-refractivity contribution in [3.8, 4) is 0 Å². The first-order valence-corrected chi connectivity index (χ1v) is 5.19. The Balaban J connectivity index is 2.35. The van der Waals surface area contributed by atoms with E-state index >= 15 is 0 Å². The molecule has 1 saturated carbocycles. The van der Waals surface area contributed by atoms with Gasteiger partial charge in [0.05, 0.1) is 0 Å². The second kappa shape index (κ2) is 3.35. The Morgan fingerprint density at radius 2 is 2.21 bits per heavy atom. The molecule has 1 aromatic rings. The lowest BCUT2D eigenvalue weighted by atomic mass is 9.90. The zero-order chi connectivity index (χ0) is 10.2. The van der Waals surface area contributed by atoms with E-state index in [1.807, 2.05) is 12.1 Å². The van der Waals surface area contributed by atoms with E-state index in [1.165, 1.54) is 0 Å². The smallest absolute Gasteiger partial charge is 0.126 e. The van der Waals surface area contributed by atoms with Gasteiger partial charge in [0, 0.05) is 5.41 Å². The minimum Gasteiger partial charge on any atom is -0.330 e. The molecule has 0 bridgehead atoms. The number of benzene rings is 1. The fourth-order valence-electron chi connectivity index (χ4n) is 2.51. The number of hydrogen-bond acceptors (Lipinski definition) is 1. The van der Waals surface area contributed by atoms with Gasteiger partial charge in [0.1, 0.15) is 5.82 Å². The van der Waals surface area contributed by atoms with Crippen LogP contribution in [-0.4, -0.2) is 6.54 Å². The van der Waals surface area contributed by atoms with Crippen molar-refractivity contribution in [3.05, 3.63) is 35.6 Å². The van der Waals surface area contributed by atoms with Crippen LogP contribution >= 0.6 is 0 Å². The molecule has 2 rings (SSSR count). The predicted molar refractivity (Wildman–Crippen MR) is 55.5 cm³/mol. The van der Waals surface area contributed by atoms with E-state index in [1.54, 1.807) is 12.1 Å². The van der Waals surface area contributed by atoms with E-state index in [0.29, 0.717) is 12.5 Å². The minimum atomic E-state index is -0.0784. The second-order valence-corrected chi connectivity index (χ2v) is 4.13. The molecule has 1 fully saturated rings. The second-order valence-electron chi connectivity index (χ2n) is 4.13. The number of nitrogens with two attached hydrogens (primary N) is 1. The van der Waals surface area contributed by atoms with Crippen molar-refractivity contribution in [2.45, 2.75) is 25.2 Å². The average molecular weight is 193 g/mol. The Kier molecular flexibility index (Phi) is 2.31. The molecule has 0 aromatic heterocycles. The van der Waals surface area contributed by atoms with E-state index in [2.05, 4.69) is 6.92 Å². The van der Waals surface area contributed by atoms with Gasteiger partial charge in [-0.2, -0.15) is 0 Å². The first kappa shape index (κ1) is 9.66. The molecule has 14 heavy (non-hydrogen) atoms. The van der Waals surface area contributed by atoms with Gasteiger partial charge in [-0.05, 0) is 36.9 Å². The molecule has 1 unspecified atom stereocenters. The lowest BCUT2D eigenvalue weighted by Crippen LogP contribution is -2.15. The zero-order valence-electron chi connectivity index (χ0n) is 8.46. The predicted octanol–water partition coefficient (Wildman–Crippen LogP) is 2.45. The van der Waals surface area contributed by atoms with Crippen molar-refractivity contribution in [1.82, 2.24) is 0 Å². The summed E-state index contributed by atoms with van der Waals surface area (Å²) in [5.41, 5.74) is 6.55. The molecule has 1 aromatic carbocycles. The SMILES string of the molecule is CCC1(c2ccccc2F)C[C@H]1CN. The van der Waals surface area contributed by atoms with Crippen molar-refractivity contribution in [2.75, 3.05) is 6.54 Å². The molecule has 0 aliphatic heterocycles. The highest BCUT2D eigenvalue weighted by molar-refractivity contribution is 5.34. The molecular formula is C12H16FN. The fourth-order valence-corrected chi connectivity index (χ4v) is 2.51. The fraction of sp³-hybridized carbons (Fsp3) is 0.500. The molecule has 0 saturated heterocycles. The minimum absolute atomic E-state index is 0.0418. The molecule has 1 aliphatic rings. The third-order valence-electron chi connectivity index (χ3n) is 3.56. The topological polar surface area (TPSA) is 26.0 Å². The van der Waals surface area contributed by atoms with Gasteiger partial charge in [0.2, 0.25) is 0 Å². The Bertz CT molecular complexity index is 337. The summed E-state index contributed by atoms with van der Waals surface area (Å²) in [6.07, 6.45) is 2.02. The van der Waals surface area contributed by atoms with Gasteiger partial charge in [-0.15, -0.1) is 0 Å². The molecule has 1 nitrogen and oxygen atoms in total. The van der Waals surface area contributed by atoms with Crippen molar-refractivity contribution in [3.63, 3.8) is 0 Å². The molecule has 0 amide bonds. The van der Waals surface area contributed by atoms with Gasteiger partial charge >= 0.3 is 0 Å². The van der Waals surface area contributed by atoms with Crippen LogP contribution in [0.3, 0.4) is 0 Å². The van der Waals surface area contributed by atoms with Crippen LogP contribution in [0.1, 0.15) is 25.3 Å². The van der Waals surface area contributed by atoms with Crippen LogP contribution in [0.2, 0.25) is 0 Å². The Hall–Kier alpha value is -0.890. The number of rotatable bonds is 3. The van der Waals surface area contributed by atoms with Gasteiger partial charge in [0.15, 0.2) is 0 Å². The van der Waals surface area contributed by atoms with Crippen molar-refractivity contribution < 1.29 is 4.39 Å². The molecule has 76 valence electrons. The first-order chi connectivity index (χ1) is 6.74. The molecule has 2 atom stereocenters. The maximum absolute atomic E-state index is 13.6. The van der Waals surface area contributed by atoms with Gasteiger partial charge in [-0.1, -0.05) is 25.1 Å². The maximum atomic E-state index is 13.6. The highest BCUT2D eigenvalue weighted by atomic mass is 19.1. The molecular weight excluding hydrogens is 177 g/mol. The maximum Gasteiger partial charge on any atom is 0.126 e. The molecule has 2 N–H and O–H groups in total. The normalized spacial score (nSPS) is 30.4. The van der Waals surface area contributed by atoms with Crippen molar-refractivity contribution in [2.24, 2.45) is 11.7 Å². The highest BCUT2D eigenvalue weighted by Crippen LogP contribution is 2.56. The summed E-state index contributed by atoms with van der Waals surface area (Å²) >= 11 is 0. The average Bonchev–Trinajstić information content (AvgIpc) is 2.93. The van der Waals surface area contributed by atoms with E-state index < -0.39 is 0 Å².